The highest BCUT2D eigenvalue weighted by Crippen LogP contribution is 2.27. The Bertz CT molecular complexity index is 1020. The molecule has 31 heavy (non-hydrogen) atoms. The topological polar surface area (TPSA) is 83.0 Å². The lowest BCUT2D eigenvalue weighted by Gasteiger charge is -2.32. The van der Waals surface area contributed by atoms with Gasteiger partial charge in [-0.3, -0.25) is 9.69 Å². The maximum absolute atomic E-state index is 11.2. The summed E-state index contributed by atoms with van der Waals surface area (Å²) in [6, 6.07) is 14.0. The Labute approximate surface area is 183 Å². The van der Waals surface area contributed by atoms with Gasteiger partial charge in [0.2, 0.25) is 11.9 Å². The maximum atomic E-state index is 11.2. The molecule has 7 heteroatoms. The van der Waals surface area contributed by atoms with E-state index in [1.807, 2.05) is 49.6 Å². The zero-order valence-corrected chi connectivity index (χ0v) is 18.0. The van der Waals surface area contributed by atoms with E-state index in [1.54, 1.807) is 0 Å². The molecule has 1 aliphatic rings. The smallest absolute Gasteiger partial charge is 0.228 e. The van der Waals surface area contributed by atoms with Crippen molar-refractivity contribution in [1.82, 2.24) is 19.9 Å². The first-order valence-corrected chi connectivity index (χ1v) is 10.7. The van der Waals surface area contributed by atoms with Gasteiger partial charge in [-0.1, -0.05) is 18.2 Å². The van der Waals surface area contributed by atoms with Crippen LogP contribution in [0, 0.1) is 6.92 Å². The Kier molecular flexibility index (Phi) is 6.52. The third kappa shape index (κ3) is 5.86. The van der Waals surface area contributed by atoms with Crippen LogP contribution in [0.3, 0.4) is 0 Å². The number of aromatic nitrogens is 3. The predicted molar refractivity (Wildman–Crippen MR) is 122 cm³/mol. The summed E-state index contributed by atoms with van der Waals surface area (Å²) in [6.07, 6.45) is 5.91. The fourth-order valence-corrected chi connectivity index (χ4v) is 3.91. The number of piperidine rings is 1. The lowest BCUT2D eigenvalue weighted by Crippen LogP contribution is -2.34. The third-order valence-corrected chi connectivity index (χ3v) is 5.43. The van der Waals surface area contributed by atoms with E-state index in [-0.39, 0.29) is 5.91 Å². The molecule has 3 aromatic rings. The first kappa shape index (κ1) is 20.9. The van der Waals surface area contributed by atoms with Crippen LogP contribution in [0.2, 0.25) is 0 Å². The average Bonchev–Trinajstić information content (AvgIpc) is 2.77. The molecule has 4 rings (SSSR count). The molecule has 160 valence electrons. The molecule has 0 spiro atoms. The first-order valence-electron chi connectivity index (χ1n) is 10.7. The first-order chi connectivity index (χ1) is 15.0. The van der Waals surface area contributed by atoms with E-state index in [0.717, 1.165) is 55.2 Å². The van der Waals surface area contributed by atoms with Crippen molar-refractivity contribution in [3.63, 3.8) is 0 Å². The Morgan fingerprint density at radius 1 is 1.13 bits per heavy atom. The molecule has 0 saturated carbocycles. The van der Waals surface area contributed by atoms with Gasteiger partial charge in [0.05, 0.1) is 5.69 Å². The fraction of sp³-hybridized carbons (Fsp3) is 0.333. The number of likely N-dealkylation sites (tertiary alicyclic amines) is 1. The molecular weight excluding hydrogens is 388 g/mol. The van der Waals surface area contributed by atoms with Crippen molar-refractivity contribution in [2.24, 2.45) is 0 Å². The lowest BCUT2D eigenvalue weighted by molar-refractivity contribution is -0.114. The monoisotopic (exact) mass is 416 g/mol. The van der Waals surface area contributed by atoms with Gasteiger partial charge < -0.3 is 10.6 Å². The molecule has 1 amide bonds. The van der Waals surface area contributed by atoms with Crippen molar-refractivity contribution >= 4 is 23.4 Å². The largest absolute Gasteiger partial charge is 0.326 e. The van der Waals surface area contributed by atoms with Crippen molar-refractivity contribution in [2.45, 2.75) is 39.2 Å². The van der Waals surface area contributed by atoms with Crippen LogP contribution in [-0.2, 0) is 11.3 Å². The molecule has 1 atom stereocenters. The summed E-state index contributed by atoms with van der Waals surface area (Å²) < 4.78 is 0. The normalized spacial score (nSPS) is 16.6. The Hall–Kier alpha value is -3.32. The third-order valence-electron chi connectivity index (χ3n) is 5.43. The van der Waals surface area contributed by atoms with Crippen molar-refractivity contribution in [3.05, 3.63) is 71.7 Å². The number of aryl methyl sites for hydroxylation is 1. The number of hydrogen-bond donors (Lipinski definition) is 2. The highest BCUT2D eigenvalue weighted by atomic mass is 16.1. The van der Waals surface area contributed by atoms with Gasteiger partial charge in [0.15, 0.2) is 0 Å². The highest BCUT2D eigenvalue weighted by Gasteiger charge is 2.23. The van der Waals surface area contributed by atoms with Crippen molar-refractivity contribution in [2.75, 3.05) is 23.7 Å². The summed E-state index contributed by atoms with van der Waals surface area (Å²) in [5.41, 5.74) is 4.25. The molecule has 0 unspecified atom stereocenters. The summed E-state index contributed by atoms with van der Waals surface area (Å²) in [5.74, 6) is 1.65. The number of carbonyl (C=O) groups excluding carboxylic acids is 1. The van der Waals surface area contributed by atoms with Crippen LogP contribution in [0.1, 0.15) is 42.5 Å². The van der Waals surface area contributed by atoms with Crippen LogP contribution in [0.25, 0.3) is 0 Å². The highest BCUT2D eigenvalue weighted by molar-refractivity contribution is 5.88. The summed E-state index contributed by atoms with van der Waals surface area (Å²) in [7, 11) is 0. The standard InChI is InChI=1S/C24H28N6O/c1-17-5-10-23(26-14-17)29-24-25-12-11-22(28-24)20-4-3-13-30(16-20)15-19-6-8-21(9-7-19)27-18(2)31/h5-12,14,20H,3-4,13,15-16H2,1-2H3,(H,27,31)(H,25,26,28,29)/t20-/m1/s1. The van der Waals surface area contributed by atoms with Gasteiger partial charge in [0.1, 0.15) is 5.82 Å². The summed E-state index contributed by atoms with van der Waals surface area (Å²) >= 11 is 0. The van der Waals surface area contributed by atoms with E-state index in [1.165, 1.54) is 12.5 Å². The Morgan fingerprint density at radius 2 is 1.97 bits per heavy atom. The van der Waals surface area contributed by atoms with Gasteiger partial charge in [-0.05, 0) is 61.7 Å². The number of pyridine rings is 1. The molecule has 0 bridgehead atoms. The number of amides is 1. The molecule has 1 aliphatic heterocycles. The summed E-state index contributed by atoms with van der Waals surface area (Å²) in [6.45, 7) is 6.47. The second kappa shape index (κ2) is 9.66. The number of rotatable bonds is 6. The summed E-state index contributed by atoms with van der Waals surface area (Å²) in [5, 5.41) is 6.02. The van der Waals surface area contributed by atoms with E-state index in [0.29, 0.717) is 11.9 Å². The summed E-state index contributed by atoms with van der Waals surface area (Å²) in [4.78, 5) is 27.2. The van der Waals surface area contributed by atoms with Crippen LogP contribution in [-0.4, -0.2) is 38.8 Å². The number of anilines is 3. The SMILES string of the molecule is CC(=O)Nc1ccc(CN2CCC[C@@H](c3ccnc(Nc4ccc(C)cn4)n3)C2)cc1. The number of benzene rings is 1. The van der Waals surface area contributed by atoms with E-state index in [9.17, 15) is 4.79 Å². The lowest BCUT2D eigenvalue weighted by atomic mass is 9.94. The molecule has 1 fully saturated rings. The Morgan fingerprint density at radius 3 is 2.71 bits per heavy atom. The van der Waals surface area contributed by atoms with Crippen molar-refractivity contribution in [1.29, 1.82) is 0 Å². The van der Waals surface area contributed by atoms with Gasteiger partial charge in [0, 0.05) is 44.0 Å². The molecule has 1 saturated heterocycles. The van der Waals surface area contributed by atoms with Crippen molar-refractivity contribution in [3.8, 4) is 0 Å². The molecule has 7 nitrogen and oxygen atoms in total. The van der Waals surface area contributed by atoms with Gasteiger partial charge in [0.25, 0.3) is 0 Å². The molecule has 0 aliphatic carbocycles. The molecule has 2 aromatic heterocycles. The van der Waals surface area contributed by atoms with Crippen LogP contribution in [0.4, 0.5) is 17.5 Å². The second-order valence-electron chi connectivity index (χ2n) is 8.10. The minimum Gasteiger partial charge on any atom is -0.326 e. The Balaban J connectivity index is 1.39. The van der Waals surface area contributed by atoms with Gasteiger partial charge in [-0.25, -0.2) is 15.0 Å². The van der Waals surface area contributed by atoms with Gasteiger partial charge in [-0.15, -0.1) is 0 Å². The van der Waals surface area contributed by atoms with E-state index in [2.05, 4.69) is 37.6 Å². The zero-order chi connectivity index (χ0) is 21.6. The molecule has 0 radical (unpaired) electrons. The van der Waals surface area contributed by atoms with E-state index >= 15 is 0 Å². The van der Waals surface area contributed by atoms with E-state index in [4.69, 9.17) is 4.98 Å². The van der Waals surface area contributed by atoms with E-state index < -0.39 is 0 Å². The molecule has 1 aromatic carbocycles. The minimum absolute atomic E-state index is 0.0523. The van der Waals surface area contributed by atoms with Gasteiger partial charge >= 0.3 is 0 Å². The average molecular weight is 417 g/mol. The fourth-order valence-electron chi connectivity index (χ4n) is 3.91. The van der Waals surface area contributed by atoms with Crippen LogP contribution >= 0.6 is 0 Å². The van der Waals surface area contributed by atoms with Crippen LogP contribution in [0.15, 0.2) is 54.9 Å². The van der Waals surface area contributed by atoms with Gasteiger partial charge in [-0.2, -0.15) is 0 Å². The minimum atomic E-state index is -0.0523. The maximum Gasteiger partial charge on any atom is 0.228 e. The van der Waals surface area contributed by atoms with Crippen molar-refractivity contribution < 1.29 is 4.79 Å². The number of hydrogen-bond acceptors (Lipinski definition) is 6. The molecular formula is C24H28N6O. The zero-order valence-electron chi connectivity index (χ0n) is 18.0. The number of nitrogens with one attached hydrogen (secondary N) is 2. The predicted octanol–water partition coefficient (Wildman–Crippen LogP) is 4.26. The number of carbonyl (C=O) groups is 1. The quantitative estimate of drug-likeness (QED) is 0.625. The second-order valence-corrected chi connectivity index (χ2v) is 8.10. The van der Waals surface area contributed by atoms with Crippen LogP contribution < -0.4 is 10.6 Å². The van der Waals surface area contributed by atoms with Crippen LogP contribution in [0.5, 0.6) is 0 Å². The molecule has 2 N–H and O–H groups in total. The molecule has 3 heterocycles. The number of nitrogens with zero attached hydrogens (tertiary/aromatic N) is 4.